The molecule has 0 bridgehead atoms. The van der Waals surface area contributed by atoms with Crippen LogP contribution in [0.15, 0.2) is 18.3 Å². The predicted molar refractivity (Wildman–Crippen MR) is 57.4 cm³/mol. The van der Waals surface area contributed by atoms with E-state index in [9.17, 15) is 0 Å². The number of terminal acetylenes is 1. The van der Waals surface area contributed by atoms with Crippen molar-refractivity contribution in [3.05, 3.63) is 29.0 Å². The molecule has 0 saturated carbocycles. The first-order valence-electron chi connectivity index (χ1n) is 4.29. The molecule has 0 aliphatic rings. The summed E-state index contributed by atoms with van der Waals surface area (Å²) < 4.78 is 0. The summed E-state index contributed by atoms with van der Waals surface area (Å²) in [4.78, 5) is 3.89. The van der Waals surface area contributed by atoms with Gasteiger partial charge in [0.1, 0.15) is 5.15 Å². The van der Waals surface area contributed by atoms with Crippen molar-refractivity contribution in [3.8, 4) is 12.3 Å². The van der Waals surface area contributed by atoms with E-state index >= 15 is 0 Å². The molecule has 1 atom stereocenters. The number of nitrogens with one attached hydrogen (secondary N) is 1. The number of nitrogens with zero attached hydrogens (tertiary/aromatic N) is 1. The van der Waals surface area contributed by atoms with Crippen LogP contribution in [0.25, 0.3) is 0 Å². The largest absolute Gasteiger partial charge is 0.271 e. The molecule has 1 heterocycles. The Morgan fingerprint density at radius 1 is 1.71 bits per heavy atom. The molecule has 0 aromatic carbocycles. The number of hydrogen-bond acceptors (Lipinski definition) is 3. The van der Waals surface area contributed by atoms with Crippen molar-refractivity contribution in [1.82, 2.24) is 10.4 Å². The summed E-state index contributed by atoms with van der Waals surface area (Å²) in [7, 11) is 0. The average molecular weight is 210 g/mol. The molecule has 1 aromatic rings. The van der Waals surface area contributed by atoms with E-state index in [0.29, 0.717) is 11.6 Å². The Morgan fingerprint density at radius 3 is 3.07 bits per heavy atom. The maximum Gasteiger partial charge on any atom is 0.129 e. The van der Waals surface area contributed by atoms with Gasteiger partial charge < -0.3 is 0 Å². The Balaban J connectivity index is 2.74. The summed E-state index contributed by atoms with van der Waals surface area (Å²) in [5.74, 6) is 7.99. The molecule has 14 heavy (non-hydrogen) atoms. The van der Waals surface area contributed by atoms with Gasteiger partial charge in [-0.2, -0.15) is 0 Å². The zero-order valence-electron chi connectivity index (χ0n) is 7.70. The molecular formula is C10H12ClN3. The van der Waals surface area contributed by atoms with Crippen LogP contribution in [0.2, 0.25) is 5.15 Å². The summed E-state index contributed by atoms with van der Waals surface area (Å²) in [5.41, 5.74) is 3.70. The predicted octanol–water partition coefficient (Wildman–Crippen LogP) is 1.65. The van der Waals surface area contributed by atoms with E-state index in [-0.39, 0.29) is 6.04 Å². The van der Waals surface area contributed by atoms with Gasteiger partial charge in [0.05, 0.1) is 0 Å². The highest BCUT2D eigenvalue weighted by Crippen LogP contribution is 2.19. The van der Waals surface area contributed by atoms with Crippen LogP contribution in [-0.2, 0) is 0 Å². The molecule has 0 fully saturated rings. The maximum absolute atomic E-state index is 5.76. The fraction of sp³-hybridized carbons (Fsp3) is 0.300. The second-order valence-electron chi connectivity index (χ2n) is 2.87. The topological polar surface area (TPSA) is 50.9 Å². The zero-order valence-corrected chi connectivity index (χ0v) is 8.46. The van der Waals surface area contributed by atoms with Gasteiger partial charge in [-0.3, -0.25) is 11.3 Å². The lowest BCUT2D eigenvalue weighted by atomic mass is 10.0. The van der Waals surface area contributed by atoms with E-state index in [1.807, 2.05) is 6.07 Å². The number of hydrogen-bond donors (Lipinski definition) is 2. The van der Waals surface area contributed by atoms with Gasteiger partial charge >= 0.3 is 0 Å². The molecule has 3 N–H and O–H groups in total. The third kappa shape index (κ3) is 3.00. The van der Waals surface area contributed by atoms with E-state index in [0.717, 1.165) is 12.0 Å². The number of pyridine rings is 1. The first kappa shape index (κ1) is 11.0. The van der Waals surface area contributed by atoms with E-state index in [4.69, 9.17) is 23.9 Å². The highest BCUT2D eigenvalue weighted by molar-refractivity contribution is 6.29. The third-order valence-corrected chi connectivity index (χ3v) is 2.14. The molecule has 3 nitrogen and oxygen atoms in total. The van der Waals surface area contributed by atoms with E-state index < -0.39 is 0 Å². The molecule has 1 aromatic heterocycles. The Bertz CT molecular complexity index is 332. The molecule has 0 radical (unpaired) electrons. The Morgan fingerprint density at radius 2 is 2.50 bits per heavy atom. The minimum Gasteiger partial charge on any atom is -0.271 e. The van der Waals surface area contributed by atoms with Crippen LogP contribution >= 0.6 is 11.6 Å². The van der Waals surface area contributed by atoms with Crippen molar-refractivity contribution in [1.29, 1.82) is 0 Å². The molecule has 1 rings (SSSR count). The van der Waals surface area contributed by atoms with Crippen LogP contribution in [0.4, 0.5) is 0 Å². The second kappa shape index (κ2) is 5.61. The minimum absolute atomic E-state index is 0.0338. The van der Waals surface area contributed by atoms with Crippen molar-refractivity contribution >= 4 is 11.6 Å². The first-order valence-corrected chi connectivity index (χ1v) is 4.66. The molecule has 74 valence electrons. The summed E-state index contributed by atoms with van der Waals surface area (Å²) >= 11 is 5.76. The van der Waals surface area contributed by atoms with Gasteiger partial charge in [-0.1, -0.05) is 11.6 Å². The number of rotatable bonds is 4. The standard InChI is InChI=1S/C10H12ClN3/c1-2-3-4-9(14-12)8-5-6-13-10(11)7-8/h1,5-7,9,14H,3-4,12H2. The molecule has 0 saturated heterocycles. The Hall–Kier alpha value is -1.08. The van der Waals surface area contributed by atoms with Crippen molar-refractivity contribution in [2.75, 3.05) is 0 Å². The molecular weight excluding hydrogens is 198 g/mol. The maximum atomic E-state index is 5.76. The lowest BCUT2D eigenvalue weighted by molar-refractivity contribution is 0.523. The molecule has 0 aliphatic carbocycles. The summed E-state index contributed by atoms with van der Waals surface area (Å²) in [6.07, 6.45) is 8.29. The zero-order chi connectivity index (χ0) is 10.4. The van der Waals surface area contributed by atoms with Crippen LogP contribution in [0, 0.1) is 12.3 Å². The van der Waals surface area contributed by atoms with Crippen molar-refractivity contribution in [2.45, 2.75) is 18.9 Å². The Kier molecular flexibility index (Phi) is 4.41. The van der Waals surface area contributed by atoms with Crippen molar-refractivity contribution < 1.29 is 0 Å². The SMILES string of the molecule is C#CCCC(NN)c1ccnc(Cl)c1. The summed E-state index contributed by atoms with van der Waals surface area (Å²) in [6, 6.07) is 3.68. The first-order chi connectivity index (χ1) is 6.77. The van der Waals surface area contributed by atoms with Crippen LogP contribution in [0.3, 0.4) is 0 Å². The summed E-state index contributed by atoms with van der Waals surface area (Å²) in [5, 5.41) is 0.462. The van der Waals surface area contributed by atoms with Gasteiger partial charge in [-0.05, 0) is 24.1 Å². The van der Waals surface area contributed by atoms with Gasteiger partial charge in [0, 0.05) is 18.7 Å². The van der Waals surface area contributed by atoms with Gasteiger partial charge in [0.15, 0.2) is 0 Å². The Labute approximate surface area is 88.6 Å². The third-order valence-electron chi connectivity index (χ3n) is 1.93. The molecule has 0 amide bonds. The molecule has 1 unspecified atom stereocenters. The number of hydrazine groups is 1. The van der Waals surface area contributed by atoms with E-state index in [1.54, 1.807) is 12.3 Å². The van der Waals surface area contributed by atoms with Crippen molar-refractivity contribution in [2.24, 2.45) is 5.84 Å². The lowest BCUT2D eigenvalue weighted by Gasteiger charge is -2.14. The number of nitrogens with two attached hydrogens (primary N) is 1. The van der Waals surface area contributed by atoms with E-state index in [1.165, 1.54) is 0 Å². The molecule has 0 aliphatic heterocycles. The minimum atomic E-state index is 0.0338. The van der Waals surface area contributed by atoms with Crippen LogP contribution in [0.5, 0.6) is 0 Å². The normalized spacial score (nSPS) is 12.1. The molecule has 0 spiro atoms. The summed E-state index contributed by atoms with van der Waals surface area (Å²) in [6.45, 7) is 0. The van der Waals surface area contributed by atoms with Gasteiger partial charge in [0.2, 0.25) is 0 Å². The lowest BCUT2D eigenvalue weighted by Crippen LogP contribution is -2.27. The fourth-order valence-corrected chi connectivity index (χ4v) is 1.39. The number of halogens is 1. The highest BCUT2D eigenvalue weighted by atomic mass is 35.5. The highest BCUT2D eigenvalue weighted by Gasteiger charge is 2.08. The number of aromatic nitrogens is 1. The van der Waals surface area contributed by atoms with Gasteiger partial charge in [-0.25, -0.2) is 4.98 Å². The van der Waals surface area contributed by atoms with Crippen molar-refractivity contribution in [3.63, 3.8) is 0 Å². The smallest absolute Gasteiger partial charge is 0.129 e. The fourth-order valence-electron chi connectivity index (χ4n) is 1.21. The monoisotopic (exact) mass is 209 g/mol. The van der Waals surface area contributed by atoms with Gasteiger partial charge in [0.25, 0.3) is 0 Å². The van der Waals surface area contributed by atoms with Gasteiger partial charge in [-0.15, -0.1) is 12.3 Å². The average Bonchev–Trinajstić information content (AvgIpc) is 2.19. The van der Waals surface area contributed by atoms with Crippen LogP contribution in [-0.4, -0.2) is 4.98 Å². The van der Waals surface area contributed by atoms with E-state index in [2.05, 4.69) is 16.3 Å². The quantitative estimate of drug-likeness (QED) is 0.343. The van der Waals surface area contributed by atoms with Crippen LogP contribution in [0.1, 0.15) is 24.4 Å². The molecule has 4 heteroatoms. The second-order valence-corrected chi connectivity index (χ2v) is 3.26. The van der Waals surface area contributed by atoms with Crippen LogP contribution < -0.4 is 11.3 Å².